The zero-order valence-corrected chi connectivity index (χ0v) is 11.6. The van der Waals surface area contributed by atoms with Gasteiger partial charge in [-0.2, -0.15) is 17.0 Å². The average Bonchev–Trinajstić information content (AvgIpc) is 3.08. The Bertz CT molecular complexity index is 245. The molecule has 0 saturated heterocycles. The number of thioether (sulfide) groups is 1. The van der Waals surface area contributed by atoms with E-state index in [4.69, 9.17) is 0 Å². The molecule has 1 saturated carbocycles. The molecule has 0 amide bonds. The summed E-state index contributed by atoms with van der Waals surface area (Å²) in [5, 5.41) is 12.6. The smallest absolute Gasteiger partial charge is 0.104 e. The fourth-order valence-electron chi connectivity index (χ4n) is 1.52. The zero-order chi connectivity index (χ0) is 12.0. The van der Waals surface area contributed by atoms with Crippen LogP contribution in [-0.2, 0) is 0 Å². The summed E-state index contributed by atoms with van der Waals surface area (Å²) in [6.45, 7) is 6.56. The Morgan fingerprint density at radius 1 is 1.56 bits per heavy atom. The highest BCUT2D eigenvalue weighted by atomic mass is 32.2. The molecule has 0 aromatic carbocycles. The van der Waals surface area contributed by atoms with Crippen LogP contribution in [0.2, 0.25) is 0 Å². The van der Waals surface area contributed by atoms with Gasteiger partial charge >= 0.3 is 0 Å². The quantitative estimate of drug-likeness (QED) is 0.662. The summed E-state index contributed by atoms with van der Waals surface area (Å²) in [5.74, 6) is 3.12. The minimum Gasteiger partial charge on any atom is -0.297 e. The lowest BCUT2D eigenvalue weighted by atomic mass is 10.0. The van der Waals surface area contributed by atoms with Gasteiger partial charge in [-0.05, 0) is 43.6 Å². The van der Waals surface area contributed by atoms with Crippen molar-refractivity contribution < 1.29 is 0 Å². The molecule has 0 aromatic rings. The van der Waals surface area contributed by atoms with Gasteiger partial charge in [-0.25, -0.2) is 0 Å². The minimum absolute atomic E-state index is 0.302. The van der Waals surface area contributed by atoms with Crippen molar-refractivity contribution in [1.82, 2.24) is 5.32 Å². The van der Waals surface area contributed by atoms with E-state index in [0.717, 1.165) is 18.1 Å². The molecule has 0 aliphatic heterocycles. The summed E-state index contributed by atoms with van der Waals surface area (Å²) < 4.78 is 0. The van der Waals surface area contributed by atoms with Crippen LogP contribution in [-0.4, -0.2) is 23.1 Å². The molecule has 0 aromatic heterocycles. The highest BCUT2D eigenvalue weighted by molar-refractivity contribution is 7.99. The summed E-state index contributed by atoms with van der Waals surface area (Å²) >= 11 is 1.98. The van der Waals surface area contributed by atoms with Gasteiger partial charge in [-0.15, -0.1) is 0 Å². The molecule has 1 rings (SSSR count). The predicted molar refractivity (Wildman–Crippen MR) is 71.6 cm³/mol. The molecule has 0 heterocycles. The molecule has 2 unspecified atom stereocenters. The lowest BCUT2D eigenvalue weighted by Gasteiger charge is -2.23. The van der Waals surface area contributed by atoms with Gasteiger partial charge < -0.3 is 0 Å². The number of nitrogens with one attached hydrogen (secondary N) is 1. The van der Waals surface area contributed by atoms with Crippen molar-refractivity contribution in [2.45, 2.75) is 58.0 Å². The highest BCUT2D eigenvalue weighted by Gasteiger charge is 2.31. The molecule has 1 aliphatic rings. The monoisotopic (exact) mass is 240 g/mol. The second-order valence-electron chi connectivity index (χ2n) is 5.20. The van der Waals surface area contributed by atoms with Crippen LogP contribution in [0, 0.1) is 17.2 Å². The number of hydrogen-bond acceptors (Lipinski definition) is 3. The topological polar surface area (TPSA) is 35.8 Å². The zero-order valence-electron chi connectivity index (χ0n) is 10.8. The molecule has 0 bridgehead atoms. The Morgan fingerprint density at radius 2 is 2.25 bits per heavy atom. The molecule has 1 N–H and O–H groups in total. The fraction of sp³-hybridized carbons (Fsp3) is 0.923. The van der Waals surface area contributed by atoms with Gasteiger partial charge in [0.15, 0.2) is 0 Å². The lowest BCUT2D eigenvalue weighted by molar-refractivity contribution is 0.433. The first kappa shape index (κ1) is 13.9. The van der Waals surface area contributed by atoms with Crippen LogP contribution in [0.25, 0.3) is 0 Å². The highest BCUT2D eigenvalue weighted by Crippen LogP contribution is 2.25. The molecule has 2 atom stereocenters. The standard InChI is InChI=1S/C13H24N2S/c1-4-11(2)9-16-8-7-13(3,10-14)15-12-5-6-12/h11-12,15H,4-9H2,1-3H3. The van der Waals surface area contributed by atoms with Gasteiger partial charge in [0.2, 0.25) is 0 Å². The lowest BCUT2D eigenvalue weighted by Crippen LogP contribution is -2.42. The Hall–Kier alpha value is -0.200. The van der Waals surface area contributed by atoms with E-state index in [1.165, 1.54) is 25.0 Å². The van der Waals surface area contributed by atoms with Gasteiger partial charge in [0.25, 0.3) is 0 Å². The maximum absolute atomic E-state index is 9.19. The molecule has 3 heteroatoms. The first-order valence-electron chi connectivity index (χ1n) is 6.36. The Kier molecular flexibility index (Phi) is 5.64. The van der Waals surface area contributed by atoms with E-state index in [-0.39, 0.29) is 5.54 Å². The van der Waals surface area contributed by atoms with Crippen molar-refractivity contribution in [3.8, 4) is 6.07 Å². The predicted octanol–water partition coefficient (Wildman–Crippen LogP) is 3.19. The normalized spacial score (nSPS) is 21.1. The molecule has 1 aliphatic carbocycles. The molecule has 0 radical (unpaired) electrons. The number of hydrogen-bond donors (Lipinski definition) is 1. The Balaban J connectivity index is 2.15. The molecular formula is C13H24N2S. The molecule has 2 nitrogen and oxygen atoms in total. The van der Waals surface area contributed by atoms with Crippen molar-refractivity contribution in [1.29, 1.82) is 5.26 Å². The van der Waals surface area contributed by atoms with Crippen molar-refractivity contribution in [3.63, 3.8) is 0 Å². The Labute approximate surface area is 104 Å². The molecule has 92 valence electrons. The summed E-state index contributed by atoms with van der Waals surface area (Å²) in [4.78, 5) is 0. The third kappa shape index (κ3) is 5.23. The van der Waals surface area contributed by atoms with Gasteiger partial charge in [-0.3, -0.25) is 5.32 Å². The largest absolute Gasteiger partial charge is 0.297 e. The van der Waals surface area contributed by atoms with Crippen molar-refractivity contribution >= 4 is 11.8 Å². The third-order valence-corrected chi connectivity index (χ3v) is 4.49. The van der Waals surface area contributed by atoms with Gasteiger partial charge in [0, 0.05) is 6.04 Å². The van der Waals surface area contributed by atoms with E-state index in [9.17, 15) is 5.26 Å². The maximum atomic E-state index is 9.19. The van der Waals surface area contributed by atoms with E-state index in [1.54, 1.807) is 0 Å². The third-order valence-electron chi connectivity index (χ3n) is 3.19. The number of nitriles is 1. The van der Waals surface area contributed by atoms with Gasteiger partial charge in [0.1, 0.15) is 5.54 Å². The van der Waals surface area contributed by atoms with Crippen LogP contribution in [0.15, 0.2) is 0 Å². The number of rotatable bonds is 8. The summed E-state index contributed by atoms with van der Waals surface area (Å²) in [5.41, 5.74) is -0.302. The molecule has 0 spiro atoms. The summed E-state index contributed by atoms with van der Waals surface area (Å²) in [7, 11) is 0. The Morgan fingerprint density at radius 3 is 2.75 bits per heavy atom. The van der Waals surface area contributed by atoms with Crippen molar-refractivity contribution in [3.05, 3.63) is 0 Å². The van der Waals surface area contributed by atoms with Gasteiger partial charge in [0.05, 0.1) is 6.07 Å². The van der Waals surface area contributed by atoms with E-state index < -0.39 is 0 Å². The summed E-state index contributed by atoms with van der Waals surface area (Å²) in [6.07, 6.45) is 4.71. The molecule has 1 fully saturated rings. The first-order valence-corrected chi connectivity index (χ1v) is 7.52. The summed E-state index contributed by atoms with van der Waals surface area (Å²) in [6, 6.07) is 3.04. The second-order valence-corrected chi connectivity index (χ2v) is 6.35. The average molecular weight is 240 g/mol. The van der Waals surface area contributed by atoms with E-state index in [2.05, 4.69) is 25.2 Å². The molecular weight excluding hydrogens is 216 g/mol. The van der Waals surface area contributed by atoms with Crippen LogP contribution in [0.3, 0.4) is 0 Å². The van der Waals surface area contributed by atoms with Gasteiger partial charge in [-0.1, -0.05) is 20.3 Å². The number of nitrogens with zero attached hydrogens (tertiary/aromatic N) is 1. The first-order chi connectivity index (χ1) is 7.59. The maximum Gasteiger partial charge on any atom is 0.104 e. The van der Waals surface area contributed by atoms with Crippen LogP contribution in [0.4, 0.5) is 0 Å². The minimum atomic E-state index is -0.302. The van der Waals surface area contributed by atoms with E-state index in [0.29, 0.717) is 6.04 Å². The van der Waals surface area contributed by atoms with Crippen LogP contribution in [0.5, 0.6) is 0 Å². The van der Waals surface area contributed by atoms with E-state index >= 15 is 0 Å². The van der Waals surface area contributed by atoms with Crippen LogP contribution in [0.1, 0.15) is 46.5 Å². The fourth-order valence-corrected chi connectivity index (χ4v) is 2.87. The van der Waals surface area contributed by atoms with Crippen molar-refractivity contribution in [2.75, 3.05) is 11.5 Å². The van der Waals surface area contributed by atoms with E-state index in [1.807, 2.05) is 18.7 Å². The van der Waals surface area contributed by atoms with Crippen LogP contribution < -0.4 is 5.32 Å². The van der Waals surface area contributed by atoms with Crippen molar-refractivity contribution in [2.24, 2.45) is 5.92 Å². The van der Waals surface area contributed by atoms with Crippen LogP contribution >= 0.6 is 11.8 Å². The molecule has 16 heavy (non-hydrogen) atoms. The second kappa shape index (κ2) is 6.51. The SMILES string of the molecule is CCC(C)CSCCC(C)(C#N)NC1CC1.